The smallest absolute Gasteiger partial charge is 0.231 e. The second-order valence-corrected chi connectivity index (χ2v) is 6.22. The van der Waals surface area contributed by atoms with Gasteiger partial charge in [0.1, 0.15) is 11.3 Å². The zero-order valence-corrected chi connectivity index (χ0v) is 14.0. The summed E-state index contributed by atoms with van der Waals surface area (Å²) in [5.41, 5.74) is 4.13. The summed E-state index contributed by atoms with van der Waals surface area (Å²) in [6.07, 6.45) is 4.13. The third kappa shape index (κ3) is 2.74. The molecule has 0 amide bonds. The monoisotopic (exact) mass is 340 g/mol. The highest BCUT2D eigenvalue weighted by Crippen LogP contribution is 2.33. The molecule has 0 radical (unpaired) electrons. The fourth-order valence-electron chi connectivity index (χ4n) is 3.11. The van der Waals surface area contributed by atoms with E-state index in [4.69, 9.17) is 13.9 Å². The Morgan fingerprint density at radius 1 is 0.692 bits per heavy atom. The lowest BCUT2D eigenvalue weighted by atomic mass is 10.1. The highest BCUT2D eigenvalue weighted by molar-refractivity contribution is 5.86. The van der Waals surface area contributed by atoms with Crippen molar-refractivity contribution in [2.75, 3.05) is 6.79 Å². The fourth-order valence-corrected chi connectivity index (χ4v) is 3.11. The van der Waals surface area contributed by atoms with Crippen LogP contribution in [0.5, 0.6) is 11.5 Å². The van der Waals surface area contributed by atoms with E-state index in [0.29, 0.717) is 6.79 Å². The molecule has 2 heterocycles. The van der Waals surface area contributed by atoms with E-state index in [1.165, 1.54) is 0 Å². The molecular formula is C23H16O3. The first-order chi connectivity index (χ1) is 12.8. The van der Waals surface area contributed by atoms with Gasteiger partial charge in [-0.05, 0) is 35.4 Å². The van der Waals surface area contributed by atoms with Gasteiger partial charge < -0.3 is 13.9 Å². The van der Waals surface area contributed by atoms with Gasteiger partial charge >= 0.3 is 0 Å². The normalized spacial score (nSPS) is 12.9. The highest BCUT2D eigenvalue weighted by atomic mass is 16.7. The highest BCUT2D eigenvalue weighted by Gasteiger charge is 2.12. The van der Waals surface area contributed by atoms with Crippen LogP contribution in [-0.2, 0) is 0 Å². The number of benzene rings is 3. The van der Waals surface area contributed by atoms with Crippen LogP contribution >= 0.6 is 0 Å². The molecule has 26 heavy (non-hydrogen) atoms. The van der Waals surface area contributed by atoms with Crippen LogP contribution in [0, 0.1) is 0 Å². The van der Waals surface area contributed by atoms with Gasteiger partial charge in [0.15, 0.2) is 11.5 Å². The molecule has 0 saturated carbocycles. The Labute approximate surface area is 151 Å². The molecule has 5 rings (SSSR count). The summed E-state index contributed by atoms with van der Waals surface area (Å²) in [5.74, 6) is 2.48. The number of hydrogen-bond donors (Lipinski definition) is 0. The minimum absolute atomic E-state index is 0.293. The predicted molar refractivity (Wildman–Crippen MR) is 103 cm³/mol. The standard InChI is InChI=1S/C23H16O3/c1-2-4-18(5-3-1)22-14-19-10-8-16(12-21(19)26-22)6-7-17-9-11-20-23(13-17)25-15-24-20/h1-14H,15H2/b7-6+. The lowest BCUT2D eigenvalue weighted by Gasteiger charge is -1.98. The maximum absolute atomic E-state index is 6.04. The Balaban J connectivity index is 1.44. The molecule has 0 bridgehead atoms. The lowest BCUT2D eigenvalue weighted by Crippen LogP contribution is -1.92. The van der Waals surface area contributed by atoms with Gasteiger partial charge in [0.2, 0.25) is 6.79 Å². The maximum Gasteiger partial charge on any atom is 0.231 e. The summed E-state index contributed by atoms with van der Waals surface area (Å²) < 4.78 is 16.8. The van der Waals surface area contributed by atoms with Crippen molar-refractivity contribution < 1.29 is 13.9 Å². The average Bonchev–Trinajstić information content (AvgIpc) is 3.33. The van der Waals surface area contributed by atoms with Gasteiger partial charge in [-0.25, -0.2) is 0 Å². The Morgan fingerprint density at radius 3 is 2.35 bits per heavy atom. The number of fused-ring (bicyclic) bond motifs is 2. The van der Waals surface area contributed by atoms with Crippen molar-refractivity contribution in [3.05, 3.63) is 83.9 Å². The molecule has 3 heteroatoms. The first-order valence-electron chi connectivity index (χ1n) is 8.52. The molecule has 0 N–H and O–H groups in total. The molecule has 4 aromatic rings. The van der Waals surface area contributed by atoms with Gasteiger partial charge in [0.25, 0.3) is 0 Å². The van der Waals surface area contributed by atoms with E-state index in [-0.39, 0.29) is 0 Å². The zero-order valence-electron chi connectivity index (χ0n) is 14.0. The summed E-state index contributed by atoms with van der Waals surface area (Å²) in [5, 5.41) is 1.10. The van der Waals surface area contributed by atoms with Gasteiger partial charge in [0.05, 0.1) is 0 Å². The van der Waals surface area contributed by atoms with Crippen LogP contribution in [0.4, 0.5) is 0 Å². The van der Waals surface area contributed by atoms with Crippen molar-refractivity contribution in [1.29, 1.82) is 0 Å². The SMILES string of the molecule is C(=C\c1ccc2cc(-c3ccccc3)oc2c1)/c1ccc2c(c1)OCO2. The number of ether oxygens (including phenoxy) is 2. The molecule has 1 aliphatic heterocycles. The second kappa shape index (κ2) is 6.12. The van der Waals surface area contributed by atoms with Crippen molar-refractivity contribution in [1.82, 2.24) is 0 Å². The molecule has 0 saturated heterocycles. The van der Waals surface area contributed by atoms with Gasteiger partial charge in [-0.1, -0.05) is 60.7 Å². The van der Waals surface area contributed by atoms with Crippen LogP contribution < -0.4 is 9.47 Å². The van der Waals surface area contributed by atoms with E-state index in [9.17, 15) is 0 Å². The van der Waals surface area contributed by atoms with Crippen molar-refractivity contribution in [3.8, 4) is 22.8 Å². The topological polar surface area (TPSA) is 31.6 Å². The van der Waals surface area contributed by atoms with Crippen LogP contribution in [0.1, 0.15) is 11.1 Å². The lowest BCUT2D eigenvalue weighted by molar-refractivity contribution is 0.174. The van der Waals surface area contributed by atoms with E-state index in [1.807, 2.05) is 36.4 Å². The summed E-state index contributed by atoms with van der Waals surface area (Å²) in [6, 6.07) is 24.4. The van der Waals surface area contributed by atoms with Crippen LogP contribution in [0.25, 0.3) is 34.4 Å². The summed E-state index contributed by atoms with van der Waals surface area (Å²) in [7, 11) is 0. The number of furan rings is 1. The van der Waals surface area contributed by atoms with Gasteiger partial charge in [-0.3, -0.25) is 0 Å². The van der Waals surface area contributed by atoms with Crippen LogP contribution in [0.3, 0.4) is 0 Å². The third-order valence-electron chi connectivity index (χ3n) is 4.47. The van der Waals surface area contributed by atoms with Gasteiger partial charge in [0, 0.05) is 10.9 Å². The number of hydrogen-bond acceptors (Lipinski definition) is 3. The van der Waals surface area contributed by atoms with Crippen LogP contribution in [0.15, 0.2) is 77.2 Å². The van der Waals surface area contributed by atoms with E-state index >= 15 is 0 Å². The van der Waals surface area contributed by atoms with Crippen molar-refractivity contribution >= 4 is 23.1 Å². The van der Waals surface area contributed by atoms with Crippen LogP contribution in [-0.4, -0.2) is 6.79 Å². The van der Waals surface area contributed by atoms with Crippen molar-refractivity contribution in [3.63, 3.8) is 0 Å². The first kappa shape index (κ1) is 14.8. The zero-order chi connectivity index (χ0) is 17.3. The quantitative estimate of drug-likeness (QED) is 0.429. The fraction of sp³-hybridized carbons (Fsp3) is 0.0435. The molecule has 126 valence electrons. The first-order valence-corrected chi connectivity index (χ1v) is 8.52. The number of rotatable bonds is 3. The maximum atomic E-state index is 6.04. The summed E-state index contributed by atoms with van der Waals surface area (Å²) in [4.78, 5) is 0. The van der Waals surface area contributed by atoms with Gasteiger partial charge in [-0.15, -0.1) is 0 Å². The molecule has 0 fully saturated rings. The minimum Gasteiger partial charge on any atom is -0.456 e. The Morgan fingerprint density at radius 2 is 1.46 bits per heavy atom. The molecule has 0 aliphatic carbocycles. The van der Waals surface area contributed by atoms with E-state index < -0.39 is 0 Å². The Bertz CT molecular complexity index is 1110. The summed E-state index contributed by atoms with van der Waals surface area (Å²) >= 11 is 0. The average molecular weight is 340 g/mol. The molecular weight excluding hydrogens is 324 g/mol. The van der Waals surface area contributed by atoms with Crippen molar-refractivity contribution in [2.24, 2.45) is 0 Å². The van der Waals surface area contributed by atoms with E-state index in [0.717, 1.165) is 44.9 Å². The Kier molecular flexibility index (Phi) is 3.49. The molecule has 3 aromatic carbocycles. The second-order valence-electron chi connectivity index (χ2n) is 6.22. The summed E-state index contributed by atoms with van der Waals surface area (Å²) in [6.45, 7) is 0.293. The molecule has 1 aliphatic rings. The van der Waals surface area contributed by atoms with E-state index in [2.05, 4.69) is 48.6 Å². The Hall–Kier alpha value is -3.46. The largest absolute Gasteiger partial charge is 0.456 e. The minimum atomic E-state index is 0.293. The third-order valence-corrected chi connectivity index (χ3v) is 4.47. The van der Waals surface area contributed by atoms with Crippen LogP contribution in [0.2, 0.25) is 0 Å². The molecule has 3 nitrogen and oxygen atoms in total. The molecule has 0 spiro atoms. The van der Waals surface area contributed by atoms with Crippen molar-refractivity contribution in [2.45, 2.75) is 0 Å². The predicted octanol–water partition coefficient (Wildman–Crippen LogP) is 6.00. The molecule has 0 unspecified atom stereocenters. The van der Waals surface area contributed by atoms with Gasteiger partial charge in [-0.2, -0.15) is 0 Å². The molecule has 1 aromatic heterocycles. The van der Waals surface area contributed by atoms with E-state index in [1.54, 1.807) is 0 Å². The molecule has 0 atom stereocenters.